The fourth-order valence-electron chi connectivity index (χ4n) is 3.84. The molecule has 0 amide bonds. The van der Waals surface area contributed by atoms with Gasteiger partial charge in [0.15, 0.2) is 0 Å². The standard InChI is InChI=1S/C18H27N/c1-18(2)11-7-6-10-17(18)19-16-12-15(13-16)14-8-4-3-5-9-14/h3-5,8-9,15-17,19H,6-7,10-13H2,1-2H3. The third-order valence-electron chi connectivity index (χ3n) is 5.35. The predicted octanol–water partition coefficient (Wildman–Crippen LogP) is 4.49. The van der Waals surface area contributed by atoms with Crippen LogP contribution in [-0.2, 0) is 0 Å². The molecule has 0 heterocycles. The summed E-state index contributed by atoms with van der Waals surface area (Å²) in [5.41, 5.74) is 2.03. The van der Waals surface area contributed by atoms with E-state index in [1.165, 1.54) is 44.1 Å². The van der Waals surface area contributed by atoms with Crippen LogP contribution in [0.1, 0.15) is 63.9 Å². The van der Waals surface area contributed by atoms with Gasteiger partial charge in [-0.15, -0.1) is 0 Å². The third kappa shape index (κ3) is 2.86. The first-order valence-electron chi connectivity index (χ1n) is 7.96. The van der Waals surface area contributed by atoms with Crippen molar-refractivity contribution in [2.75, 3.05) is 0 Å². The Kier molecular flexibility index (Phi) is 3.66. The maximum absolute atomic E-state index is 3.95. The first-order valence-corrected chi connectivity index (χ1v) is 7.96. The number of hydrogen-bond acceptors (Lipinski definition) is 1. The summed E-state index contributed by atoms with van der Waals surface area (Å²) >= 11 is 0. The van der Waals surface area contributed by atoms with E-state index in [2.05, 4.69) is 49.5 Å². The van der Waals surface area contributed by atoms with E-state index in [4.69, 9.17) is 0 Å². The first-order chi connectivity index (χ1) is 9.15. The molecule has 0 aliphatic heterocycles. The van der Waals surface area contributed by atoms with Gasteiger partial charge in [0.1, 0.15) is 0 Å². The molecular weight excluding hydrogens is 230 g/mol. The van der Waals surface area contributed by atoms with Crippen LogP contribution in [0.25, 0.3) is 0 Å². The van der Waals surface area contributed by atoms with Crippen LogP contribution in [0.3, 0.4) is 0 Å². The van der Waals surface area contributed by atoms with Crippen molar-refractivity contribution in [3.05, 3.63) is 35.9 Å². The van der Waals surface area contributed by atoms with Gasteiger partial charge < -0.3 is 5.32 Å². The fraction of sp³-hybridized carbons (Fsp3) is 0.667. The summed E-state index contributed by atoms with van der Waals surface area (Å²) in [6.07, 6.45) is 8.25. The molecule has 1 aromatic rings. The van der Waals surface area contributed by atoms with Crippen LogP contribution in [-0.4, -0.2) is 12.1 Å². The highest BCUT2D eigenvalue weighted by molar-refractivity contribution is 5.22. The Morgan fingerprint density at radius 3 is 2.47 bits per heavy atom. The van der Waals surface area contributed by atoms with Crippen molar-refractivity contribution in [3.63, 3.8) is 0 Å². The van der Waals surface area contributed by atoms with Crippen LogP contribution in [0.4, 0.5) is 0 Å². The highest BCUT2D eigenvalue weighted by Crippen LogP contribution is 2.40. The van der Waals surface area contributed by atoms with Gasteiger partial charge in [-0.1, -0.05) is 57.0 Å². The van der Waals surface area contributed by atoms with Crippen molar-refractivity contribution < 1.29 is 0 Å². The predicted molar refractivity (Wildman–Crippen MR) is 81.4 cm³/mol. The number of rotatable bonds is 3. The van der Waals surface area contributed by atoms with Gasteiger partial charge in [0.2, 0.25) is 0 Å². The molecule has 1 nitrogen and oxygen atoms in total. The second kappa shape index (κ2) is 5.28. The lowest BCUT2D eigenvalue weighted by Gasteiger charge is -2.45. The minimum atomic E-state index is 0.496. The zero-order valence-corrected chi connectivity index (χ0v) is 12.4. The summed E-state index contributed by atoms with van der Waals surface area (Å²) in [6, 6.07) is 12.5. The van der Waals surface area contributed by atoms with E-state index in [9.17, 15) is 0 Å². The Morgan fingerprint density at radius 1 is 1.05 bits per heavy atom. The molecule has 0 aromatic heterocycles. The Morgan fingerprint density at radius 2 is 1.79 bits per heavy atom. The molecule has 1 aromatic carbocycles. The summed E-state index contributed by atoms with van der Waals surface area (Å²) in [4.78, 5) is 0. The highest BCUT2D eigenvalue weighted by Gasteiger charge is 2.37. The van der Waals surface area contributed by atoms with Gasteiger partial charge in [-0.05, 0) is 42.6 Å². The summed E-state index contributed by atoms with van der Waals surface area (Å²) in [5.74, 6) is 0.797. The SMILES string of the molecule is CC1(C)CCCCC1NC1CC(c2ccccc2)C1. The summed E-state index contributed by atoms with van der Waals surface area (Å²) < 4.78 is 0. The molecule has 1 atom stereocenters. The minimum Gasteiger partial charge on any atom is -0.311 e. The van der Waals surface area contributed by atoms with Gasteiger partial charge in [-0.3, -0.25) is 0 Å². The fourth-order valence-corrected chi connectivity index (χ4v) is 3.84. The maximum atomic E-state index is 3.95. The zero-order chi connectivity index (χ0) is 13.3. The lowest BCUT2D eigenvalue weighted by Crippen LogP contribution is -2.52. The molecule has 2 saturated carbocycles. The van der Waals surface area contributed by atoms with Crippen LogP contribution >= 0.6 is 0 Å². The van der Waals surface area contributed by atoms with Crippen molar-refractivity contribution in [1.29, 1.82) is 0 Å². The molecule has 1 heteroatoms. The van der Waals surface area contributed by atoms with Crippen molar-refractivity contribution in [2.24, 2.45) is 5.41 Å². The normalized spacial score (nSPS) is 33.7. The second-order valence-corrected chi connectivity index (χ2v) is 7.23. The lowest BCUT2D eigenvalue weighted by atomic mass is 9.70. The molecule has 0 bridgehead atoms. The maximum Gasteiger partial charge on any atom is 0.0121 e. The smallest absolute Gasteiger partial charge is 0.0121 e. The molecule has 3 rings (SSSR count). The minimum absolute atomic E-state index is 0.496. The number of hydrogen-bond donors (Lipinski definition) is 1. The van der Waals surface area contributed by atoms with E-state index in [1.54, 1.807) is 0 Å². The second-order valence-electron chi connectivity index (χ2n) is 7.23. The van der Waals surface area contributed by atoms with Crippen molar-refractivity contribution in [1.82, 2.24) is 5.32 Å². The molecule has 1 N–H and O–H groups in total. The van der Waals surface area contributed by atoms with Gasteiger partial charge in [-0.2, -0.15) is 0 Å². The molecule has 0 radical (unpaired) electrons. The van der Waals surface area contributed by atoms with E-state index >= 15 is 0 Å². The Labute approximate surface area is 117 Å². The van der Waals surface area contributed by atoms with Gasteiger partial charge in [0.05, 0.1) is 0 Å². The average molecular weight is 257 g/mol. The summed E-state index contributed by atoms with van der Waals surface area (Å²) in [7, 11) is 0. The molecule has 1 unspecified atom stereocenters. The van der Waals surface area contributed by atoms with Gasteiger partial charge in [0.25, 0.3) is 0 Å². The van der Waals surface area contributed by atoms with E-state index in [0.29, 0.717) is 5.41 Å². The average Bonchev–Trinajstić information content (AvgIpc) is 2.35. The molecular formula is C18H27N. The first kappa shape index (κ1) is 13.2. The summed E-state index contributed by atoms with van der Waals surface area (Å²) in [5, 5.41) is 3.95. The third-order valence-corrected chi connectivity index (χ3v) is 5.35. The highest BCUT2D eigenvalue weighted by atomic mass is 15.0. The van der Waals surface area contributed by atoms with Crippen LogP contribution in [0.5, 0.6) is 0 Å². The van der Waals surface area contributed by atoms with Gasteiger partial charge in [-0.25, -0.2) is 0 Å². The molecule has 0 spiro atoms. The summed E-state index contributed by atoms with van der Waals surface area (Å²) in [6.45, 7) is 4.88. The molecule has 104 valence electrons. The molecule has 0 saturated heterocycles. The van der Waals surface area contributed by atoms with Gasteiger partial charge in [0, 0.05) is 12.1 Å². The van der Waals surface area contributed by atoms with Gasteiger partial charge >= 0.3 is 0 Å². The van der Waals surface area contributed by atoms with Crippen molar-refractivity contribution in [2.45, 2.75) is 70.4 Å². The topological polar surface area (TPSA) is 12.0 Å². The van der Waals surface area contributed by atoms with E-state index in [0.717, 1.165) is 18.0 Å². The van der Waals surface area contributed by atoms with Crippen molar-refractivity contribution in [3.8, 4) is 0 Å². The zero-order valence-electron chi connectivity index (χ0n) is 12.4. The number of nitrogens with one attached hydrogen (secondary N) is 1. The molecule has 2 fully saturated rings. The quantitative estimate of drug-likeness (QED) is 0.841. The van der Waals surface area contributed by atoms with Crippen LogP contribution < -0.4 is 5.32 Å². The van der Waals surface area contributed by atoms with E-state index in [1.807, 2.05) is 0 Å². The molecule has 2 aliphatic rings. The lowest BCUT2D eigenvalue weighted by molar-refractivity contribution is 0.130. The van der Waals surface area contributed by atoms with E-state index in [-0.39, 0.29) is 0 Å². The van der Waals surface area contributed by atoms with Crippen molar-refractivity contribution >= 4 is 0 Å². The Balaban J connectivity index is 1.51. The molecule has 19 heavy (non-hydrogen) atoms. The molecule has 2 aliphatic carbocycles. The van der Waals surface area contributed by atoms with E-state index < -0.39 is 0 Å². The Hall–Kier alpha value is -0.820. The number of benzene rings is 1. The van der Waals surface area contributed by atoms with Crippen LogP contribution in [0.15, 0.2) is 30.3 Å². The Bertz CT molecular complexity index is 403. The largest absolute Gasteiger partial charge is 0.311 e. The van der Waals surface area contributed by atoms with Crippen LogP contribution in [0, 0.1) is 5.41 Å². The monoisotopic (exact) mass is 257 g/mol. The van der Waals surface area contributed by atoms with Crippen LogP contribution in [0.2, 0.25) is 0 Å².